The van der Waals surface area contributed by atoms with E-state index in [1.165, 1.54) is 11.1 Å². The van der Waals surface area contributed by atoms with E-state index in [1.807, 2.05) is 0 Å². The molecule has 2 N–H and O–H groups in total. The Kier molecular flexibility index (Phi) is 7.76. The molecule has 0 amide bonds. The summed E-state index contributed by atoms with van der Waals surface area (Å²) in [5.41, 5.74) is 2.85. The van der Waals surface area contributed by atoms with Crippen LogP contribution in [0.2, 0.25) is 0 Å². The maximum absolute atomic E-state index is 3.48. The van der Waals surface area contributed by atoms with E-state index in [1.54, 1.807) is 0 Å². The molecule has 2 heteroatoms. The molecule has 0 saturated carbocycles. The fraction of sp³-hybridized carbons (Fsp3) is 0.647. The van der Waals surface area contributed by atoms with Gasteiger partial charge in [0.25, 0.3) is 0 Å². The zero-order valence-electron chi connectivity index (χ0n) is 13.0. The van der Waals surface area contributed by atoms with E-state index in [2.05, 4.69) is 62.6 Å². The van der Waals surface area contributed by atoms with Gasteiger partial charge in [-0.15, -0.1) is 0 Å². The number of nitrogens with one attached hydrogen (secondary N) is 2. The predicted octanol–water partition coefficient (Wildman–Crippen LogP) is 3.51. The number of benzene rings is 1. The Morgan fingerprint density at radius 1 is 0.895 bits per heavy atom. The lowest BCUT2D eigenvalue weighted by molar-refractivity contribution is 0.554. The van der Waals surface area contributed by atoms with E-state index >= 15 is 0 Å². The van der Waals surface area contributed by atoms with Gasteiger partial charge in [-0.25, -0.2) is 0 Å². The topological polar surface area (TPSA) is 24.1 Å². The molecule has 0 bridgehead atoms. The maximum atomic E-state index is 3.48. The lowest BCUT2D eigenvalue weighted by atomic mass is 10.1. The van der Waals surface area contributed by atoms with Gasteiger partial charge in [-0.1, -0.05) is 52.0 Å². The van der Waals surface area contributed by atoms with E-state index < -0.39 is 0 Å². The van der Waals surface area contributed by atoms with Crippen molar-refractivity contribution >= 4 is 0 Å². The van der Waals surface area contributed by atoms with Gasteiger partial charge in [0, 0.05) is 8.90 Å². The molecule has 0 aromatic heterocycles. The van der Waals surface area contributed by atoms with Crippen LogP contribution in [0.1, 0.15) is 41.7 Å². The molecule has 0 aliphatic rings. The fourth-order valence-corrected chi connectivity index (χ4v) is 2.00. The van der Waals surface area contributed by atoms with E-state index in [4.69, 9.17) is 0 Å². The minimum atomic E-state index is 0. The van der Waals surface area contributed by atoms with Crippen LogP contribution in [-0.4, -0.2) is 25.7 Å². The van der Waals surface area contributed by atoms with Crippen LogP contribution in [0, 0.1) is 5.92 Å². The first-order chi connectivity index (χ1) is 9.08. The quantitative estimate of drug-likeness (QED) is 0.668. The molecule has 112 valence electrons. The lowest BCUT2D eigenvalue weighted by Gasteiger charge is -2.09. The normalized spacial score (nSPS) is 11.5. The molecular weight excluding hydrogens is 232 g/mol. The predicted molar refractivity (Wildman–Crippen MR) is 88.9 cm³/mol. The van der Waals surface area contributed by atoms with Gasteiger partial charge in [0.05, 0.1) is 0 Å². The summed E-state index contributed by atoms with van der Waals surface area (Å²) in [5, 5.41) is 6.94. The molecule has 0 unspecified atom stereocenters. The Morgan fingerprint density at radius 2 is 1.42 bits per heavy atom. The first-order valence-corrected chi connectivity index (χ1v) is 7.60. The van der Waals surface area contributed by atoms with Gasteiger partial charge in [0.1, 0.15) is 0 Å². The molecular formula is C17H34N2. The zero-order chi connectivity index (χ0) is 14.1. The van der Waals surface area contributed by atoms with Gasteiger partial charge in [0.2, 0.25) is 0 Å². The summed E-state index contributed by atoms with van der Waals surface area (Å²) in [4.78, 5) is 0. The molecule has 0 aliphatic heterocycles. The monoisotopic (exact) mass is 266 g/mol. The summed E-state index contributed by atoms with van der Waals surface area (Å²) in [5.74, 6) is 0.732. The highest BCUT2D eigenvalue weighted by atomic mass is 14.9. The van der Waals surface area contributed by atoms with Crippen LogP contribution < -0.4 is 10.6 Å². The van der Waals surface area contributed by atoms with Crippen molar-refractivity contribution in [3.63, 3.8) is 0 Å². The average molecular weight is 266 g/mol. The zero-order valence-corrected chi connectivity index (χ0v) is 13.0. The minimum absolute atomic E-state index is 0. The van der Waals surface area contributed by atoms with Crippen LogP contribution in [0.5, 0.6) is 0 Å². The van der Waals surface area contributed by atoms with Crippen LogP contribution in [-0.2, 0) is 12.8 Å². The molecule has 0 fully saturated rings. The second-order valence-corrected chi connectivity index (χ2v) is 6.02. The van der Waals surface area contributed by atoms with Gasteiger partial charge in [-0.05, 0) is 49.5 Å². The SMILES string of the molecule is CC(C)CNCCc1ccc(CCNC(C)C)cc1.[HH].[HH]. The smallest absolute Gasteiger partial charge is 0.00105 e. The van der Waals surface area contributed by atoms with E-state index in [0.29, 0.717) is 6.04 Å². The van der Waals surface area contributed by atoms with Crippen LogP contribution in [0.25, 0.3) is 0 Å². The Bertz CT molecular complexity index is 337. The second kappa shape index (κ2) is 9.11. The van der Waals surface area contributed by atoms with Crippen LogP contribution in [0.4, 0.5) is 0 Å². The summed E-state index contributed by atoms with van der Waals surface area (Å²) in [6.45, 7) is 12.1. The van der Waals surface area contributed by atoms with Gasteiger partial charge >= 0.3 is 0 Å². The van der Waals surface area contributed by atoms with Crippen molar-refractivity contribution in [3.05, 3.63) is 35.4 Å². The van der Waals surface area contributed by atoms with Crippen molar-refractivity contribution in [1.82, 2.24) is 10.6 Å². The first-order valence-electron chi connectivity index (χ1n) is 7.60. The third-order valence-corrected chi connectivity index (χ3v) is 3.13. The van der Waals surface area contributed by atoms with Crippen molar-refractivity contribution in [2.75, 3.05) is 19.6 Å². The van der Waals surface area contributed by atoms with Gasteiger partial charge in [-0.3, -0.25) is 0 Å². The largest absolute Gasteiger partial charge is 0.316 e. The molecule has 0 atom stereocenters. The Morgan fingerprint density at radius 3 is 1.89 bits per heavy atom. The van der Waals surface area contributed by atoms with E-state index in [-0.39, 0.29) is 2.85 Å². The fourth-order valence-electron chi connectivity index (χ4n) is 2.00. The molecule has 0 spiro atoms. The summed E-state index contributed by atoms with van der Waals surface area (Å²) < 4.78 is 0. The molecule has 19 heavy (non-hydrogen) atoms. The van der Waals surface area contributed by atoms with Crippen LogP contribution >= 0.6 is 0 Å². The Hall–Kier alpha value is -0.860. The number of hydrogen-bond acceptors (Lipinski definition) is 2. The molecule has 1 aromatic rings. The maximum Gasteiger partial charge on any atom is 0.00105 e. The van der Waals surface area contributed by atoms with Crippen LogP contribution in [0.15, 0.2) is 24.3 Å². The Labute approximate surface area is 122 Å². The van der Waals surface area contributed by atoms with Crippen molar-refractivity contribution in [1.29, 1.82) is 0 Å². The third-order valence-electron chi connectivity index (χ3n) is 3.13. The molecule has 0 saturated heterocycles. The average Bonchev–Trinajstić information content (AvgIpc) is 2.36. The summed E-state index contributed by atoms with van der Waals surface area (Å²) in [6.07, 6.45) is 2.24. The standard InChI is InChI=1S/C17H30N2.2H2/c1-14(2)13-18-11-9-16-5-7-17(8-6-16)10-12-19-15(3)4;;/h5-8,14-15,18-19H,9-13H2,1-4H3;2*1H. The number of rotatable bonds is 9. The van der Waals surface area contributed by atoms with Crippen LogP contribution in [0.3, 0.4) is 0 Å². The van der Waals surface area contributed by atoms with Gasteiger partial charge in [-0.2, -0.15) is 0 Å². The van der Waals surface area contributed by atoms with Crippen molar-refractivity contribution < 1.29 is 2.85 Å². The minimum Gasteiger partial charge on any atom is -0.316 e. The van der Waals surface area contributed by atoms with Gasteiger partial charge < -0.3 is 10.6 Å². The highest BCUT2D eigenvalue weighted by molar-refractivity contribution is 5.23. The molecule has 0 aliphatic carbocycles. The summed E-state index contributed by atoms with van der Waals surface area (Å²) >= 11 is 0. The van der Waals surface area contributed by atoms with E-state index in [0.717, 1.165) is 38.4 Å². The number of hydrogen-bond donors (Lipinski definition) is 2. The van der Waals surface area contributed by atoms with Gasteiger partial charge in [0.15, 0.2) is 0 Å². The Balaban J connectivity index is 0. The molecule has 1 aromatic carbocycles. The highest BCUT2D eigenvalue weighted by Gasteiger charge is 1.98. The summed E-state index contributed by atoms with van der Waals surface area (Å²) in [6, 6.07) is 9.63. The molecule has 0 radical (unpaired) electrons. The highest BCUT2D eigenvalue weighted by Crippen LogP contribution is 2.05. The molecule has 2 nitrogen and oxygen atoms in total. The third kappa shape index (κ3) is 8.02. The summed E-state index contributed by atoms with van der Waals surface area (Å²) in [7, 11) is 0. The molecule has 1 rings (SSSR count). The lowest BCUT2D eigenvalue weighted by Crippen LogP contribution is -2.24. The van der Waals surface area contributed by atoms with Crippen molar-refractivity contribution in [3.8, 4) is 0 Å². The van der Waals surface area contributed by atoms with Crippen molar-refractivity contribution in [2.45, 2.75) is 46.6 Å². The molecule has 0 heterocycles. The second-order valence-electron chi connectivity index (χ2n) is 6.02. The van der Waals surface area contributed by atoms with E-state index in [9.17, 15) is 0 Å². The van der Waals surface area contributed by atoms with Crippen molar-refractivity contribution in [2.24, 2.45) is 5.92 Å². The first kappa shape index (κ1) is 16.2.